The zero-order valence-corrected chi connectivity index (χ0v) is 11.3. The predicted molar refractivity (Wildman–Crippen MR) is 77.1 cm³/mol. The van der Waals surface area contributed by atoms with Crippen LogP contribution in [0.15, 0.2) is 36.7 Å². The zero-order valence-electron chi connectivity index (χ0n) is 11.3. The third kappa shape index (κ3) is 2.56. The SMILES string of the molecule is NCC(Cn1cnc2c1CCCC2)c1ccccc1. The van der Waals surface area contributed by atoms with E-state index in [1.54, 1.807) is 0 Å². The van der Waals surface area contributed by atoms with Crippen LogP contribution in [0.1, 0.15) is 35.7 Å². The molecule has 0 saturated carbocycles. The molecule has 3 rings (SSSR count). The molecule has 0 fully saturated rings. The molecule has 0 saturated heterocycles. The average molecular weight is 255 g/mol. The van der Waals surface area contributed by atoms with Crippen molar-refractivity contribution in [2.45, 2.75) is 38.1 Å². The molecule has 3 nitrogen and oxygen atoms in total. The van der Waals surface area contributed by atoms with Gasteiger partial charge in [0.25, 0.3) is 0 Å². The molecule has 0 amide bonds. The summed E-state index contributed by atoms with van der Waals surface area (Å²) in [7, 11) is 0. The number of aromatic nitrogens is 2. The molecule has 2 aromatic rings. The Labute approximate surface area is 114 Å². The Bertz CT molecular complexity index is 530. The average Bonchev–Trinajstić information content (AvgIpc) is 2.89. The smallest absolute Gasteiger partial charge is 0.0951 e. The Morgan fingerprint density at radius 3 is 2.74 bits per heavy atom. The van der Waals surface area contributed by atoms with E-state index in [4.69, 9.17) is 5.73 Å². The summed E-state index contributed by atoms with van der Waals surface area (Å²) in [5.74, 6) is 0.376. The Morgan fingerprint density at radius 1 is 1.16 bits per heavy atom. The summed E-state index contributed by atoms with van der Waals surface area (Å²) < 4.78 is 2.32. The Hall–Kier alpha value is -1.61. The molecule has 1 aromatic heterocycles. The number of fused-ring (bicyclic) bond motifs is 1. The van der Waals surface area contributed by atoms with E-state index < -0.39 is 0 Å². The van der Waals surface area contributed by atoms with E-state index in [1.807, 2.05) is 6.33 Å². The van der Waals surface area contributed by atoms with Gasteiger partial charge < -0.3 is 10.3 Å². The van der Waals surface area contributed by atoms with Crippen LogP contribution in [-0.4, -0.2) is 16.1 Å². The van der Waals surface area contributed by atoms with E-state index in [0.717, 1.165) is 13.0 Å². The van der Waals surface area contributed by atoms with Crippen molar-refractivity contribution in [2.75, 3.05) is 6.54 Å². The van der Waals surface area contributed by atoms with Crippen LogP contribution in [0.3, 0.4) is 0 Å². The monoisotopic (exact) mass is 255 g/mol. The summed E-state index contributed by atoms with van der Waals surface area (Å²) in [4.78, 5) is 4.56. The molecular formula is C16H21N3. The molecule has 1 aromatic carbocycles. The van der Waals surface area contributed by atoms with E-state index in [9.17, 15) is 0 Å². The van der Waals surface area contributed by atoms with Gasteiger partial charge in [0.15, 0.2) is 0 Å². The summed E-state index contributed by atoms with van der Waals surface area (Å²) in [5.41, 5.74) is 10.0. The Balaban J connectivity index is 1.82. The fourth-order valence-corrected chi connectivity index (χ4v) is 2.97. The van der Waals surface area contributed by atoms with E-state index in [0.29, 0.717) is 12.5 Å². The molecule has 1 unspecified atom stereocenters. The highest BCUT2D eigenvalue weighted by Gasteiger charge is 2.18. The predicted octanol–water partition coefficient (Wildman–Crippen LogP) is 2.50. The van der Waals surface area contributed by atoms with Gasteiger partial charge in [0.1, 0.15) is 0 Å². The van der Waals surface area contributed by atoms with Gasteiger partial charge in [-0.1, -0.05) is 30.3 Å². The second-order valence-electron chi connectivity index (χ2n) is 5.34. The minimum absolute atomic E-state index is 0.376. The highest BCUT2D eigenvalue weighted by molar-refractivity contribution is 5.21. The van der Waals surface area contributed by atoms with Crippen LogP contribution < -0.4 is 5.73 Å². The van der Waals surface area contributed by atoms with Gasteiger partial charge in [0.05, 0.1) is 12.0 Å². The second-order valence-corrected chi connectivity index (χ2v) is 5.34. The molecular weight excluding hydrogens is 234 g/mol. The number of hydrogen-bond donors (Lipinski definition) is 1. The van der Waals surface area contributed by atoms with Crippen LogP contribution >= 0.6 is 0 Å². The lowest BCUT2D eigenvalue weighted by Gasteiger charge is -2.19. The van der Waals surface area contributed by atoms with E-state index in [2.05, 4.69) is 39.9 Å². The Kier molecular flexibility index (Phi) is 3.65. The maximum absolute atomic E-state index is 5.96. The number of hydrogen-bond acceptors (Lipinski definition) is 2. The van der Waals surface area contributed by atoms with Crippen LogP contribution in [0.5, 0.6) is 0 Å². The van der Waals surface area contributed by atoms with Crippen molar-refractivity contribution in [1.82, 2.24) is 9.55 Å². The highest BCUT2D eigenvalue weighted by atomic mass is 15.1. The van der Waals surface area contributed by atoms with Gasteiger partial charge in [0, 0.05) is 24.7 Å². The van der Waals surface area contributed by atoms with Crippen molar-refractivity contribution in [3.63, 3.8) is 0 Å². The second kappa shape index (κ2) is 5.57. The molecule has 0 aliphatic heterocycles. The van der Waals surface area contributed by atoms with Gasteiger partial charge in [-0.15, -0.1) is 0 Å². The molecule has 100 valence electrons. The van der Waals surface area contributed by atoms with Gasteiger partial charge in [-0.2, -0.15) is 0 Å². The lowest BCUT2D eigenvalue weighted by Crippen LogP contribution is -2.20. The third-order valence-electron chi connectivity index (χ3n) is 4.08. The lowest BCUT2D eigenvalue weighted by atomic mass is 9.97. The lowest BCUT2D eigenvalue weighted by molar-refractivity contribution is 0.535. The highest BCUT2D eigenvalue weighted by Crippen LogP contribution is 2.23. The minimum Gasteiger partial charge on any atom is -0.334 e. The van der Waals surface area contributed by atoms with Crippen molar-refractivity contribution in [2.24, 2.45) is 5.73 Å². The first kappa shape index (κ1) is 12.4. The standard InChI is InChI=1S/C16H21N3/c17-10-14(13-6-2-1-3-7-13)11-19-12-18-15-8-4-5-9-16(15)19/h1-3,6-7,12,14H,4-5,8-11,17H2. The maximum atomic E-state index is 5.96. The minimum atomic E-state index is 0.376. The Morgan fingerprint density at radius 2 is 1.95 bits per heavy atom. The topological polar surface area (TPSA) is 43.8 Å². The van der Waals surface area contributed by atoms with Crippen LogP contribution in [-0.2, 0) is 19.4 Å². The fourth-order valence-electron chi connectivity index (χ4n) is 2.97. The van der Waals surface area contributed by atoms with E-state index in [-0.39, 0.29) is 0 Å². The first-order chi connectivity index (χ1) is 9.38. The van der Waals surface area contributed by atoms with E-state index in [1.165, 1.54) is 36.2 Å². The summed E-state index contributed by atoms with van der Waals surface area (Å²) in [5, 5.41) is 0. The zero-order chi connectivity index (χ0) is 13.1. The van der Waals surface area contributed by atoms with Gasteiger partial charge in [-0.3, -0.25) is 0 Å². The fraction of sp³-hybridized carbons (Fsp3) is 0.438. The van der Waals surface area contributed by atoms with Crippen molar-refractivity contribution in [1.29, 1.82) is 0 Å². The quantitative estimate of drug-likeness (QED) is 0.912. The molecule has 1 aliphatic carbocycles. The van der Waals surface area contributed by atoms with E-state index >= 15 is 0 Å². The molecule has 19 heavy (non-hydrogen) atoms. The molecule has 1 aliphatic rings. The number of nitrogens with two attached hydrogens (primary N) is 1. The largest absolute Gasteiger partial charge is 0.334 e. The molecule has 3 heteroatoms. The van der Waals surface area contributed by atoms with Crippen LogP contribution in [0.25, 0.3) is 0 Å². The molecule has 0 spiro atoms. The molecule has 0 radical (unpaired) electrons. The maximum Gasteiger partial charge on any atom is 0.0951 e. The third-order valence-corrected chi connectivity index (χ3v) is 4.08. The first-order valence-electron chi connectivity index (χ1n) is 7.16. The van der Waals surface area contributed by atoms with Crippen LogP contribution in [0.4, 0.5) is 0 Å². The summed E-state index contributed by atoms with van der Waals surface area (Å²) >= 11 is 0. The van der Waals surface area contributed by atoms with Gasteiger partial charge in [-0.25, -0.2) is 4.98 Å². The van der Waals surface area contributed by atoms with Crippen LogP contribution in [0, 0.1) is 0 Å². The molecule has 2 N–H and O–H groups in total. The molecule has 0 bridgehead atoms. The van der Waals surface area contributed by atoms with Gasteiger partial charge in [0.2, 0.25) is 0 Å². The number of aryl methyl sites for hydroxylation is 1. The van der Waals surface area contributed by atoms with Crippen molar-refractivity contribution >= 4 is 0 Å². The number of rotatable bonds is 4. The number of nitrogens with zero attached hydrogens (tertiary/aromatic N) is 2. The number of benzene rings is 1. The van der Waals surface area contributed by atoms with Crippen molar-refractivity contribution in [3.8, 4) is 0 Å². The molecule has 1 atom stereocenters. The van der Waals surface area contributed by atoms with Crippen molar-refractivity contribution in [3.05, 3.63) is 53.6 Å². The normalized spacial score (nSPS) is 16.1. The summed E-state index contributed by atoms with van der Waals surface area (Å²) in [6.45, 7) is 1.62. The van der Waals surface area contributed by atoms with Crippen molar-refractivity contribution < 1.29 is 0 Å². The van der Waals surface area contributed by atoms with Gasteiger partial charge in [-0.05, 0) is 31.2 Å². The summed E-state index contributed by atoms with van der Waals surface area (Å²) in [6.07, 6.45) is 6.88. The number of imidazole rings is 1. The molecule has 1 heterocycles. The first-order valence-corrected chi connectivity index (χ1v) is 7.16. The van der Waals surface area contributed by atoms with Crippen LogP contribution in [0.2, 0.25) is 0 Å². The summed E-state index contributed by atoms with van der Waals surface area (Å²) in [6, 6.07) is 10.6. The van der Waals surface area contributed by atoms with Gasteiger partial charge >= 0.3 is 0 Å².